The van der Waals surface area contributed by atoms with Crippen LogP contribution in [0.4, 0.5) is 4.39 Å². The molecule has 6 heteroatoms. The molecule has 1 unspecified atom stereocenters. The predicted octanol–water partition coefficient (Wildman–Crippen LogP) is 4.60. The van der Waals surface area contributed by atoms with E-state index in [-0.39, 0.29) is 5.82 Å². The van der Waals surface area contributed by atoms with Gasteiger partial charge in [-0.05, 0) is 61.4 Å². The first-order valence-corrected chi connectivity index (χ1v) is 10.3. The van der Waals surface area contributed by atoms with E-state index in [4.69, 9.17) is 9.47 Å². The van der Waals surface area contributed by atoms with Crippen LogP contribution in [-0.2, 0) is 12.8 Å². The molecule has 1 heterocycles. The maximum absolute atomic E-state index is 13.3. The minimum atomic E-state index is -0.656. The van der Waals surface area contributed by atoms with Crippen molar-refractivity contribution >= 4 is 6.08 Å². The number of fused-ring (bicyclic) bond motifs is 1. The van der Waals surface area contributed by atoms with Gasteiger partial charge in [0.05, 0.1) is 37.9 Å². The van der Waals surface area contributed by atoms with Crippen molar-refractivity contribution in [2.45, 2.75) is 32.8 Å². The molecule has 5 nitrogen and oxygen atoms in total. The van der Waals surface area contributed by atoms with Crippen LogP contribution in [0.2, 0.25) is 0 Å². The van der Waals surface area contributed by atoms with Gasteiger partial charge in [-0.15, -0.1) is 0 Å². The van der Waals surface area contributed by atoms with Gasteiger partial charge in [0, 0.05) is 17.4 Å². The van der Waals surface area contributed by atoms with Crippen molar-refractivity contribution in [1.82, 2.24) is 9.78 Å². The molecule has 3 aromatic rings. The Hall–Kier alpha value is -3.12. The van der Waals surface area contributed by atoms with Crippen LogP contribution >= 0.6 is 0 Å². The minimum absolute atomic E-state index is 0.279. The molecule has 1 aliphatic carbocycles. The largest absolute Gasteiger partial charge is 0.496 e. The Labute approximate surface area is 181 Å². The third-order valence-electron chi connectivity index (χ3n) is 6.43. The van der Waals surface area contributed by atoms with E-state index < -0.39 is 11.5 Å². The van der Waals surface area contributed by atoms with Crippen molar-refractivity contribution < 1.29 is 19.0 Å². The molecule has 1 N–H and O–H groups in total. The summed E-state index contributed by atoms with van der Waals surface area (Å²) in [5.74, 6) is 1.12. The first-order valence-electron chi connectivity index (χ1n) is 10.3. The van der Waals surface area contributed by atoms with Gasteiger partial charge in [-0.25, -0.2) is 9.07 Å². The summed E-state index contributed by atoms with van der Waals surface area (Å²) >= 11 is 0. The second-order valence-corrected chi connectivity index (χ2v) is 8.23. The lowest BCUT2D eigenvalue weighted by atomic mass is 9.68. The minimum Gasteiger partial charge on any atom is -0.496 e. The molecule has 1 aliphatic rings. The highest BCUT2D eigenvalue weighted by atomic mass is 19.1. The van der Waals surface area contributed by atoms with Crippen LogP contribution in [0, 0.1) is 11.2 Å². The van der Waals surface area contributed by atoms with Gasteiger partial charge in [-0.2, -0.15) is 5.10 Å². The average molecular weight is 423 g/mol. The van der Waals surface area contributed by atoms with E-state index in [0.29, 0.717) is 24.3 Å². The summed E-state index contributed by atoms with van der Waals surface area (Å²) in [6.07, 6.45) is 4.28. The standard InChI is InChI=1S/C25H27FN2O3/c1-16-12-21-17(15-27-28(21)19-10-8-18(26)9-11-19)14-25(16,2)24(29)13-20-22(30-3)6-5-7-23(20)31-4/h5-12,15,24,29H,13-14H2,1-4H3/t24?,25-/m1/s1. The number of hydrogen-bond acceptors (Lipinski definition) is 4. The van der Waals surface area contributed by atoms with Gasteiger partial charge in [0.25, 0.3) is 0 Å². The average Bonchev–Trinajstić information content (AvgIpc) is 3.16. The lowest BCUT2D eigenvalue weighted by molar-refractivity contribution is 0.0614. The molecule has 0 aliphatic heterocycles. The normalized spacial score (nSPS) is 18.8. The highest BCUT2D eigenvalue weighted by Crippen LogP contribution is 2.43. The number of benzene rings is 2. The molecular formula is C25H27FN2O3. The molecule has 2 aromatic carbocycles. The zero-order chi connectivity index (χ0) is 22.2. The number of aromatic nitrogens is 2. The van der Waals surface area contributed by atoms with Gasteiger partial charge >= 0.3 is 0 Å². The van der Waals surface area contributed by atoms with E-state index in [1.54, 1.807) is 26.4 Å². The molecule has 4 rings (SSSR count). The molecule has 1 aromatic heterocycles. The number of methoxy groups -OCH3 is 2. The maximum Gasteiger partial charge on any atom is 0.125 e. The van der Waals surface area contributed by atoms with Crippen LogP contribution in [0.5, 0.6) is 11.5 Å². The first-order chi connectivity index (χ1) is 14.9. The maximum atomic E-state index is 13.3. The van der Waals surface area contributed by atoms with Crippen LogP contribution < -0.4 is 9.47 Å². The third kappa shape index (κ3) is 3.72. The molecule has 0 radical (unpaired) electrons. The Morgan fingerprint density at radius 3 is 2.39 bits per heavy atom. The number of aliphatic hydroxyl groups excluding tert-OH is 1. The van der Waals surface area contributed by atoms with Gasteiger partial charge in [0.2, 0.25) is 0 Å². The number of aliphatic hydroxyl groups is 1. The van der Waals surface area contributed by atoms with Gasteiger partial charge in [0.1, 0.15) is 17.3 Å². The van der Waals surface area contributed by atoms with Crippen LogP contribution in [0.1, 0.15) is 30.7 Å². The summed E-state index contributed by atoms with van der Waals surface area (Å²) < 4.78 is 26.1. The molecule has 0 saturated heterocycles. The molecular weight excluding hydrogens is 395 g/mol. The summed E-state index contributed by atoms with van der Waals surface area (Å²) in [5, 5.41) is 15.9. The highest BCUT2D eigenvalue weighted by Gasteiger charge is 2.39. The third-order valence-corrected chi connectivity index (χ3v) is 6.43. The Balaban J connectivity index is 1.66. The van der Waals surface area contributed by atoms with E-state index in [2.05, 4.69) is 18.1 Å². The highest BCUT2D eigenvalue weighted by molar-refractivity contribution is 5.60. The number of hydrogen-bond donors (Lipinski definition) is 1. The summed E-state index contributed by atoms with van der Waals surface area (Å²) in [4.78, 5) is 0. The van der Waals surface area contributed by atoms with Crippen molar-refractivity contribution in [3.63, 3.8) is 0 Å². The Kier molecular flexibility index (Phi) is 5.58. The lowest BCUT2D eigenvalue weighted by Crippen LogP contribution is -2.39. The van der Waals surface area contributed by atoms with Crippen molar-refractivity contribution in [3.05, 3.63) is 76.9 Å². The number of ether oxygens (including phenoxy) is 2. The smallest absolute Gasteiger partial charge is 0.125 e. The quantitative estimate of drug-likeness (QED) is 0.631. The Bertz CT molecular complexity index is 1100. The van der Waals surface area contributed by atoms with Crippen LogP contribution in [0.15, 0.2) is 54.2 Å². The molecule has 162 valence electrons. The van der Waals surface area contributed by atoms with Crippen LogP contribution in [0.25, 0.3) is 11.8 Å². The lowest BCUT2D eigenvalue weighted by Gasteiger charge is -2.38. The molecule has 2 atom stereocenters. The second kappa shape index (κ2) is 8.19. The van der Waals surface area contributed by atoms with Crippen molar-refractivity contribution in [3.8, 4) is 17.2 Å². The van der Waals surface area contributed by atoms with Crippen molar-refractivity contribution in [1.29, 1.82) is 0 Å². The molecule has 31 heavy (non-hydrogen) atoms. The molecule has 0 fully saturated rings. The molecule has 0 saturated carbocycles. The fraction of sp³-hybridized carbons (Fsp3) is 0.320. The summed E-state index contributed by atoms with van der Waals surface area (Å²) in [6.45, 7) is 4.11. The fourth-order valence-corrected chi connectivity index (χ4v) is 4.30. The predicted molar refractivity (Wildman–Crippen MR) is 118 cm³/mol. The molecule has 0 amide bonds. The monoisotopic (exact) mass is 422 g/mol. The van der Waals surface area contributed by atoms with E-state index in [1.165, 1.54) is 12.1 Å². The van der Waals surface area contributed by atoms with Gasteiger partial charge in [-0.3, -0.25) is 0 Å². The van der Waals surface area contributed by atoms with E-state index in [9.17, 15) is 9.50 Å². The Morgan fingerprint density at radius 1 is 1.13 bits per heavy atom. The summed E-state index contributed by atoms with van der Waals surface area (Å²) in [6, 6.07) is 11.9. The topological polar surface area (TPSA) is 56.5 Å². The zero-order valence-corrected chi connectivity index (χ0v) is 18.2. The van der Waals surface area contributed by atoms with E-state index in [1.807, 2.05) is 36.0 Å². The van der Waals surface area contributed by atoms with Crippen molar-refractivity contribution in [2.24, 2.45) is 5.41 Å². The van der Waals surface area contributed by atoms with E-state index >= 15 is 0 Å². The SMILES string of the molecule is COc1cccc(OC)c1CC(O)[C@]1(C)Cc2cnn(-c3ccc(F)cc3)c2C=C1C. The summed E-state index contributed by atoms with van der Waals surface area (Å²) in [7, 11) is 3.24. The number of nitrogens with zero attached hydrogens (tertiary/aromatic N) is 2. The second-order valence-electron chi connectivity index (χ2n) is 8.23. The Morgan fingerprint density at radius 2 is 1.77 bits per heavy atom. The molecule has 0 bridgehead atoms. The van der Waals surface area contributed by atoms with E-state index in [0.717, 1.165) is 28.1 Å². The molecule has 0 spiro atoms. The van der Waals surface area contributed by atoms with Gasteiger partial charge in [0.15, 0.2) is 0 Å². The van der Waals surface area contributed by atoms with Crippen LogP contribution in [0.3, 0.4) is 0 Å². The zero-order valence-electron chi connectivity index (χ0n) is 18.2. The van der Waals surface area contributed by atoms with Gasteiger partial charge < -0.3 is 14.6 Å². The van der Waals surface area contributed by atoms with Crippen LogP contribution in [-0.4, -0.2) is 35.2 Å². The summed E-state index contributed by atoms with van der Waals surface area (Å²) in [5.41, 5.74) is 4.24. The first kappa shape index (κ1) is 21.1. The van der Waals surface area contributed by atoms with Gasteiger partial charge in [-0.1, -0.05) is 18.6 Å². The van der Waals surface area contributed by atoms with Crippen molar-refractivity contribution in [2.75, 3.05) is 14.2 Å². The number of halogens is 1. The number of rotatable bonds is 6. The fourth-order valence-electron chi connectivity index (χ4n) is 4.30.